The number of rotatable bonds is 5. The number of benzene rings is 1. The van der Waals surface area contributed by atoms with Crippen molar-refractivity contribution in [1.29, 1.82) is 0 Å². The molecule has 104 valence electrons. The number of carbonyl (C=O) groups excluding carboxylic acids is 1. The van der Waals surface area contributed by atoms with E-state index in [1.165, 1.54) is 27.2 Å². The van der Waals surface area contributed by atoms with Gasteiger partial charge in [-0.3, -0.25) is 9.59 Å². The number of nitrogens with one attached hydrogen (secondary N) is 1. The van der Waals surface area contributed by atoms with Crippen molar-refractivity contribution in [3.05, 3.63) is 21.3 Å². The molecule has 0 radical (unpaired) electrons. The molecule has 0 saturated carbocycles. The van der Waals surface area contributed by atoms with Crippen LogP contribution in [0, 0.1) is 3.57 Å². The maximum absolute atomic E-state index is 12.0. The lowest BCUT2D eigenvalue weighted by atomic mass is 10.1. The Balaban J connectivity index is 3.06. The molecular weight excluding hydrogens is 365 g/mol. The number of methoxy groups -OCH3 is 2. The number of halogens is 1. The van der Waals surface area contributed by atoms with Crippen LogP contribution in [0.1, 0.15) is 17.3 Å². The van der Waals surface area contributed by atoms with Crippen molar-refractivity contribution < 1.29 is 24.2 Å². The van der Waals surface area contributed by atoms with Crippen LogP contribution in [-0.2, 0) is 4.79 Å². The Kier molecular flexibility index (Phi) is 5.40. The minimum atomic E-state index is -1.09. The van der Waals surface area contributed by atoms with Crippen LogP contribution in [0.15, 0.2) is 12.1 Å². The number of aliphatic carboxylic acids is 1. The van der Waals surface area contributed by atoms with Gasteiger partial charge in [-0.25, -0.2) is 0 Å². The number of carboxylic acid groups (broad SMARTS) is 1. The van der Waals surface area contributed by atoms with Crippen molar-refractivity contribution in [2.75, 3.05) is 14.2 Å². The van der Waals surface area contributed by atoms with Crippen molar-refractivity contribution in [2.45, 2.75) is 13.0 Å². The number of ether oxygens (including phenoxy) is 2. The average Bonchev–Trinajstić information content (AvgIpc) is 2.37. The van der Waals surface area contributed by atoms with Crippen molar-refractivity contribution >= 4 is 34.5 Å². The van der Waals surface area contributed by atoms with Gasteiger partial charge in [0.25, 0.3) is 5.91 Å². The molecule has 0 bridgehead atoms. The Bertz CT molecular complexity index is 503. The molecule has 1 aromatic carbocycles. The van der Waals surface area contributed by atoms with E-state index in [1.54, 1.807) is 6.07 Å². The lowest BCUT2D eigenvalue weighted by Gasteiger charge is -2.13. The molecule has 0 aromatic heterocycles. The largest absolute Gasteiger partial charge is 0.493 e. The van der Waals surface area contributed by atoms with Crippen LogP contribution in [0.25, 0.3) is 0 Å². The zero-order valence-electron chi connectivity index (χ0n) is 10.7. The van der Waals surface area contributed by atoms with Crippen molar-refractivity contribution in [2.24, 2.45) is 0 Å². The number of carbonyl (C=O) groups is 2. The number of hydrogen-bond donors (Lipinski definition) is 2. The molecule has 19 heavy (non-hydrogen) atoms. The highest BCUT2D eigenvalue weighted by molar-refractivity contribution is 14.1. The van der Waals surface area contributed by atoms with Gasteiger partial charge in [-0.15, -0.1) is 0 Å². The second-order valence-electron chi connectivity index (χ2n) is 3.72. The van der Waals surface area contributed by atoms with Gasteiger partial charge in [0.15, 0.2) is 11.5 Å². The molecular formula is C12H14INO5. The van der Waals surface area contributed by atoms with E-state index in [1.807, 2.05) is 22.6 Å². The molecule has 1 atom stereocenters. The van der Waals surface area contributed by atoms with Crippen molar-refractivity contribution in [3.8, 4) is 11.5 Å². The molecule has 0 fully saturated rings. The predicted molar refractivity (Wildman–Crippen MR) is 76.8 cm³/mol. The predicted octanol–water partition coefficient (Wildman–Crippen LogP) is 1.51. The third kappa shape index (κ3) is 3.72. The minimum absolute atomic E-state index is 0.339. The molecule has 0 aliphatic carbocycles. The highest BCUT2D eigenvalue weighted by Gasteiger charge is 2.19. The zero-order valence-corrected chi connectivity index (χ0v) is 12.8. The van der Waals surface area contributed by atoms with E-state index < -0.39 is 17.9 Å². The van der Waals surface area contributed by atoms with Gasteiger partial charge < -0.3 is 19.9 Å². The third-order valence-corrected chi connectivity index (χ3v) is 3.33. The second-order valence-corrected chi connectivity index (χ2v) is 4.88. The normalized spacial score (nSPS) is 11.6. The van der Waals surface area contributed by atoms with Crippen LogP contribution in [0.5, 0.6) is 11.5 Å². The van der Waals surface area contributed by atoms with Gasteiger partial charge in [-0.2, -0.15) is 0 Å². The van der Waals surface area contributed by atoms with E-state index in [4.69, 9.17) is 14.6 Å². The van der Waals surface area contributed by atoms with E-state index in [9.17, 15) is 9.59 Å². The molecule has 0 aliphatic rings. The molecule has 6 nitrogen and oxygen atoms in total. The summed E-state index contributed by atoms with van der Waals surface area (Å²) in [5.74, 6) is -0.644. The molecule has 7 heteroatoms. The summed E-state index contributed by atoms with van der Waals surface area (Å²) in [4.78, 5) is 22.7. The van der Waals surface area contributed by atoms with Crippen LogP contribution >= 0.6 is 22.6 Å². The fraction of sp³-hybridized carbons (Fsp3) is 0.333. The molecule has 1 aromatic rings. The fourth-order valence-corrected chi connectivity index (χ4v) is 2.05. The Morgan fingerprint density at radius 1 is 1.26 bits per heavy atom. The van der Waals surface area contributed by atoms with Crippen LogP contribution < -0.4 is 14.8 Å². The molecule has 2 N–H and O–H groups in total. The summed E-state index contributed by atoms with van der Waals surface area (Å²) in [5.41, 5.74) is 0.339. The highest BCUT2D eigenvalue weighted by Crippen LogP contribution is 2.31. The Morgan fingerprint density at radius 2 is 1.79 bits per heavy atom. The Hall–Kier alpha value is -1.51. The zero-order chi connectivity index (χ0) is 14.6. The molecule has 1 unspecified atom stereocenters. The summed E-state index contributed by atoms with van der Waals surface area (Å²) < 4.78 is 10.9. The third-order valence-electron chi connectivity index (χ3n) is 2.44. The topological polar surface area (TPSA) is 84.9 Å². The monoisotopic (exact) mass is 379 g/mol. The summed E-state index contributed by atoms with van der Waals surface area (Å²) in [5, 5.41) is 11.2. The molecule has 0 heterocycles. The SMILES string of the molecule is COc1cc(I)c(C(=O)NC(C)C(=O)O)cc1OC. The van der Waals surface area contributed by atoms with Crippen LogP contribution in [-0.4, -0.2) is 37.2 Å². The first-order valence-corrected chi connectivity index (χ1v) is 6.43. The highest BCUT2D eigenvalue weighted by atomic mass is 127. The molecule has 0 spiro atoms. The quantitative estimate of drug-likeness (QED) is 0.758. The summed E-state index contributed by atoms with van der Waals surface area (Å²) >= 11 is 1.98. The smallest absolute Gasteiger partial charge is 0.325 e. The van der Waals surface area contributed by atoms with Gasteiger partial charge in [0.1, 0.15) is 6.04 Å². The van der Waals surface area contributed by atoms with Crippen molar-refractivity contribution in [1.82, 2.24) is 5.32 Å². The number of amides is 1. The van der Waals surface area contributed by atoms with Crippen LogP contribution in [0.3, 0.4) is 0 Å². The molecule has 1 amide bonds. The number of hydrogen-bond acceptors (Lipinski definition) is 4. The van der Waals surface area contributed by atoms with Crippen LogP contribution in [0.2, 0.25) is 0 Å². The first kappa shape index (κ1) is 15.5. The lowest BCUT2D eigenvalue weighted by Crippen LogP contribution is -2.38. The molecule has 1 rings (SSSR count). The molecule has 0 aliphatic heterocycles. The fourth-order valence-electron chi connectivity index (χ4n) is 1.36. The molecule has 0 saturated heterocycles. The Morgan fingerprint density at radius 3 is 2.26 bits per heavy atom. The average molecular weight is 379 g/mol. The second kappa shape index (κ2) is 6.60. The van der Waals surface area contributed by atoms with Crippen molar-refractivity contribution in [3.63, 3.8) is 0 Å². The standard InChI is InChI=1S/C12H14INO5/c1-6(12(16)17)14-11(15)7-4-9(18-2)10(19-3)5-8(7)13/h4-6H,1-3H3,(H,14,15)(H,16,17). The Labute approximate surface area is 124 Å². The van der Waals surface area contributed by atoms with Crippen LogP contribution in [0.4, 0.5) is 0 Å². The van der Waals surface area contributed by atoms with E-state index in [-0.39, 0.29) is 0 Å². The summed E-state index contributed by atoms with van der Waals surface area (Å²) in [6, 6.07) is 2.21. The van der Waals surface area contributed by atoms with E-state index >= 15 is 0 Å². The summed E-state index contributed by atoms with van der Waals surface area (Å²) in [7, 11) is 2.96. The lowest BCUT2D eigenvalue weighted by molar-refractivity contribution is -0.138. The van der Waals surface area contributed by atoms with Gasteiger partial charge in [-0.05, 0) is 41.6 Å². The first-order chi connectivity index (χ1) is 8.90. The summed E-state index contributed by atoms with van der Waals surface area (Å²) in [6.45, 7) is 1.40. The van der Waals surface area contributed by atoms with E-state index in [0.29, 0.717) is 20.6 Å². The summed E-state index contributed by atoms with van der Waals surface area (Å²) in [6.07, 6.45) is 0. The van der Waals surface area contributed by atoms with Gasteiger partial charge in [0.2, 0.25) is 0 Å². The maximum Gasteiger partial charge on any atom is 0.325 e. The number of carboxylic acids is 1. The van der Waals surface area contributed by atoms with E-state index in [0.717, 1.165) is 0 Å². The first-order valence-electron chi connectivity index (χ1n) is 5.35. The maximum atomic E-state index is 12.0. The van der Waals surface area contributed by atoms with Gasteiger partial charge in [0.05, 0.1) is 19.8 Å². The van der Waals surface area contributed by atoms with Gasteiger partial charge in [-0.1, -0.05) is 0 Å². The van der Waals surface area contributed by atoms with E-state index in [2.05, 4.69) is 5.32 Å². The van der Waals surface area contributed by atoms with Gasteiger partial charge >= 0.3 is 5.97 Å². The van der Waals surface area contributed by atoms with Gasteiger partial charge in [0, 0.05) is 3.57 Å². The minimum Gasteiger partial charge on any atom is -0.493 e.